The van der Waals surface area contributed by atoms with Crippen LogP contribution in [0, 0.1) is 11.8 Å². The van der Waals surface area contributed by atoms with Crippen LogP contribution in [0.2, 0.25) is 0 Å². The molecule has 0 aliphatic heterocycles. The summed E-state index contributed by atoms with van der Waals surface area (Å²) in [6.07, 6.45) is 3.69. The molecule has 1 saturated carbocycles. The normalized spacial score (nSPS) is 17.3. The van der Waals surface area contributed by atoms with Crippen molar-refractivity contribution in [1.82, 2.24) is 9.88 Å². The summed E-state index contributed by atoms with van der Waals surface area (Å²) in [5.74, 6) is -2.21. The second-order valence-corrected chi connectivity index (χ2v) is 5.43. The van der Waals surface area contributed by atoms with Gasteiger partial charge in [-0.1, -0.05) is 19.9 Å². The second-order valence-electron chi connectivity index (χ2n) is 5.43. The molecule has 1 aromatic heterocycles. The third kappa shape index (κ3) is 3.35. The van der Waals surface area contributed by atoms with Crippen LogP contribution in [0.5, 0.6) is 0 Å². The van der Waals surface area contributed by atoms with Gasteiger partial charge >= 0.3 is 5.97 Å². The van der Waals surface area contributed by atoms with E-state index >= 15 is 0 Å². The van der Waals surface area contributed by atoms with E-state index in [-0.39, 0.29) is 11.9 Å². The Morgan fingerprint density at radius 1 is 1.35 bits per heavy atom. The Morgan fingerprint density at radius 2 is 2.05 bits per heavy atom. The Labute approximate surface area is 118 Å². The topological polar surface area (TPSA) is 70.5 Å². The summed E-state index contributed by atoms with van der Waals surface area (Å²) in [4.78, 5) is 29.6. The van der Waals surface area contributed by atoms with Crippen LogP contribution in [0.15, 0.2) is 24.4 Å². The number of aliphatic carboxylic acids is 1. The molecule has 2 unspecified atom stereocenters. The van der Waals surface area contributed by atoms with Crippen molar-refractivity contribution < 1.29 is 14.7 Å². The van der Waals surface area contributed by atoms with Gasteiger partial charge in [0.15, 0.2) is 0 Å². The number of aromatic nitrogens is 1. The number of nitrogens with zero attached hydrogens (tertiary/aromatic N) is 2. The van der Waals surface area contributed by atoms with E-state index < -0.39 is 17.8 Å². The quantitative estimate of drug-likeness (QED) is 0.862. The molecule has 0 saturated heterocycles. The number of carboxylic acids is 1. The number of carbonyl (C=O) groups excluding carboxylic acids is 1. The molecule has 0 radical (unpaired) electrons. The maximum absolute atomic E-state index is 12.5. The SMILES string of the molecule is CC(C(=O)O)C(C)C(=O)N(Cc1ccccn1)C1CC1. The predicted octanol–water partition coefficient (Wildman–Crippen LogP) is 1.93. The Balaban J connectivity index is 2.09. The van der Waals surface area contributed by atoms with Crippen molar-refractivity contribution in [3.63, 3.8) is 0 Å². The minimum atomic E-state index is -0.931. The van der Waals surface area contributed by atoms with Crippen LogP contribution in [-0.2, 0) is 16.1 Å². The Bertz CT molecular complexity index is 485. The fourth-order valence-corrected chi connectivity index (χ4v) is 2.13. The molecule has 0 spiro atoms. The van der Waals surface area contributed by atoms with Crippen molar-refractivity contribution in [3.05, 3.63) is 30.1 Å². The van der Waals surface area contributed by atoms with Crippen molar-refractivity contribution in [2.45, 2.75) is 39.3 Å². The van der Waals surface area contributed by atoms with Crippen molar-refractivity contribution in [2.24, 2.45) is 11.8 Å². The molecule has 5 heteroatoms. The summed E-state index contributed by atoms with van der Waals surface area (Å²) >= 11 is 0. The molecule has 1 heterocycles. The van der Waals surface area contributed by atoms with Gasteiger partial charge in [0.2, 0.25) is 5.91 Å². The smallest absolute Gasteiger partial charge is 0.307 e. The van der Waals surface area contributed by atoms with Gasteiger partial charge in [0, 0.05) is 18.2 Å². The second kappa shape index (κ2) is 6.03. The van der Waals surface area contributed by atoms with Gasteiger partial charge in [0.25, 0.3) is 0 Å². The molecular weight excluding hydrogens is 256 g/mol. The summed E-state index contributed by atoms with van der Waals surface area (Å²) in [7, 11) is 0. The molecule has 1 aromatic rings. The van der Waals surface area contributed by atoms with E-state index in [2.05, 4.69) is 4.98 Å². The molecule has 5 nitrogen and oxygen atoms in total. The Morgan fingerprint density at radius 3 is 2.55 bits per heavy atom. The van der Waals surface area contributed by atoms with E-state index in [4.69, 9.17) is 5.11 Å². The van der Waals surface area contributed by atoms with Gasteiger partial charge in [0.05, 0.1) is 18.2 Å². The first-order chi connectivity index (χ1) is 9.50. The Hall–Kier alpha value is -1.91. The lowest BCUT2D eigenvalue weighted by molar-refractivity contribution is -0.149. The van der Waals surface area contributed by atoms with Gasteiger partial charge < -0.3 is 10.0 Å². The number of pyridine rings is 1. The molecule has 20 heavy (non-hydrogen) atoms. The largest absolute Gasteiger partial charge is 0.481 e. The zero-order valence-electron chi connectivity index (χ0n) is 11.8. The van der Waals surface area contributed by atoms with Crippen molar-refractivity contribution in [2.75, 3.05) is 0 Å². The standard InChI is InChI=1S/C15H20N2O3/c1-10(11(2)15(19)20)14(18)17(13-6-7-13)9-12-5-3-4-8-16-12/h3-5,8,10-11,13H,6-7,9H2,1-2H3,(H,19,20). The van der Waals surface area contributed by atoms with Gasteiger partial charge in [-0.15, -0.1) is 0 Å². The van der Waals surface area contributed by atoms with Gasteiger partial charge in [-0.25, -0.2) is 0 Å². The molecule has 1 aliphatic rings. The number of amides is 1. The minimum Gasteiger partial charge on any atom is -0.481 e. The van der Waals surface area contributed by atoms with E-state index in [1.165, 1.54) is 0 Å². The van der Waals surface area contributed by atoms with E-state index in [0.29, 0.717) is 6.54 Å². The number of carbonyl (C=O) groups is 2. The van der Waals surface area contributed by atoms with E-state index in [1.54, 1.807) is 24.9 Å². The zero-order chi connectivity index (χ0) is 14.7. The van der Waals surface area contributed by atoms with Crippen LogP contribution < -0.4 is 0 Å². The van der Waals surface area contributed by atoms with E-state index in [0.717, 1.165) is 18.5 Å². The molecule has 1 amide bonds. The summed E-state index contributed by atoms with van der Waals surface area (Å²) < 4.78 is 0. The molecule has 2 rings (SSSR count). The molecular formula is C15H20N2O3. The van der Waals surface area contributed by atoms with Crippen LogP contribution in [0.4, 0.5) is 0 Å². The van der Waals surface area contributed by atoms with Crippen LogP contribution in [0.3, 0.4) is 0 Å². The summed E-state index contributed by atoms with van der Waals surface area (Å²) in [5.41, 5.74) is 0.836. The fourth-order valence-electron chi connectivity index (χ4n) is 2.13. The predicted molar refractivity (Wildman–Crippen MR) is 73.8 cm³/mol. The van der Waals surface area contributed by atoms with Gasteiger partial charge in [-0.05, 0) is 25.0 Å². The average molecular weight is 276 g/mol. The summed E-state index contributed by atoms with van der Waals surface area (Å²) in [5, 5.41) is 9.04. The molecule has 0 aromatic carbocycles. The van der Waals surface area contributed by atoms with Crippen LogP contribution in [-0.4, -0.2) is 32.9 Å². The number of carboxylic acid groups (broad SMARTS) is 1. The lowest BCUT2D eigenvalue weighted by Crippen LogP contribution is -2.40. The first kappa shape index (κ1) is 14.5. The summed E-state index contributed by atoms with van der Waals surface area (Å²) in [6, 6.07) is 5.85. The minimum absolute atomic E-state index is 0.0898. The highest BCUT2D eigenvalue weighted by Crippen LogP contribution is 2.30. The van der Waals surface area contributed by atoms with E-state index in [9.17, 15) is 9.59 Å². The first-order valence-electron chi connectivity index (χ1n) is 6.94. The van der Waals surface area contributed by atoms with Gasteiger partial charge in [-0.2, -0.15) is 0 Å². The molecule has 1 fully saturated rings. The zero-order valence-corrected chi connectivity index (χ0v) is 11.8. The average Bonchev–Trinajstić information content (AvgIpc) is 3.28. The highest BCUT2D eigenvalue weighted by atomic mass is 16.4. The molecule has 1 aliphatic carbocycles. The van der Waals surface area contributed by atoms with Crippen LogP contribution >= 0.6 is 0 Å². The van der Waals surface area contributed by atoms with Gasteiger partial charge in [-0.3, -0.25) is 14.6 Å². The maximum atomic E-state index is 12.5. The van der Waals surface area contributed by atoms with Crippen molar-refractivity contribution in [1.29, 1.82) is 0 Å². The molecule has 108 valence electrons. The van der Waals surface area contributed by atoms with Crippen LogP contribution in [0.25, 0.3) is 0 Å². The third-order valence-electron chi connectivity index (χ3n) is 3.86. The fraction of sp³-hybridized carbons (Fsp3) is 0.533. The van der Waals surface area contributed by atoms with Crippen molar-refractivity contribution in [3.8, 4) is 0 Å². The first-order valence-corrected chi connectivity index (χ1v) is 6.94. The van der Waals surface area contributed by atoms with Crippen LogP contribution in [0.1, 0.15) is 32.4 Å². The van der Waals surface area contributed by atoms with Crippen molar-refractivity contribution >= 4 is 11.9 Å². The molecule has 0 bridgehead atoms. The lowest BCUT2D eigenvalue weighted by atomic mass is 9.94. The molecule has 1 N–H and O–H groups in total. The maximum Gasteiger partial charge on any atom is 0.307 e. The number of hydrogen-bond donors (Lipinski definition) is 1. The molecule has 2 atom stereocenters. The highest BCUT2D eigenvalue weighted by Gasteiger charge is 2.37. The monoisotopic (exact) mass is 276 g/mol. The summed E-state index contributed by atoms with van der Waals surface area (Å²) in [6.45, 7) is 3.73. The van der Waals surface area contributed by atoms with Gasteiger partial charge in [0.1, 0.15) is 0 Å². The highest BCUT2D eigenvalue weighted by molar-refractivity contribution is 5.84. The third-order valence-corrected chi connectivity index (χ3v) is 3.86. The lowest BCUT2D eigenvalue weighted by Gasteiger charge is -2.27. The number of rotatable bonds is 6. The Kier molecular flexibility index (Phi) is 4.37. The van der Waals surface area contributed by atoms with E-state index in [1.807, 2.05) is 18.2 Å². The number of hydrogen-bond acceptors (Lipinski definition) is 3.